The number of sulfone groups is 1. The Kier molecular flexibility index (Phi) is 6.00. The average Bonchev–Trinajstić information content (AvgIpc) is 3.17. The van der Waals surface area contributed by atoms with E-state index >= 15 is 0 Å². The zero-order chi connectivity index (χ0) is 22.7. The predicted molar refractivity (Wildman–Crippen MR) is 126 cm³/mol. The Balaban J connectivity index is 1.60. The summed E-state index contributed by atoms with van der Waals surface area (Å²) in [7, 11) is -3.42. The third kappa shape index (κ3) is 4.83. The summed E-state index contributed by atoms with van der Waals surface area (Å²) in [4.78, 5) is 13.4. The van der Waals surface area contributed by atoms with E-state index < -0.39 is 9.84 Å². The van der Waals surface area contributed by atoms with Crippen molar-refractivity contribution in [2.75, 3.05) is 11.6 Å². The van der Waals surface area contributed by atoms with Gasteiger partial charge in [-0.3, -0.25) is 4.57 Å². The average molecular weight is 449 g/mol. The van der Waals surface area contributed by atoms with E-state index in [0.717, 1.165) is 24.9 Å². The summed E-state index contributed by atoms with van der Waals surface area (Å²) in [6.45, 7) is 1.83. The van der Waals surface area contributed by atoms with Gasteiger partial charge in [0.1, 0.15) is 11.8 Å². The third-order valence-corrected chi connectivity index (χ3v) is 6.19. The maximum Gasteiger partial charge on any atom is 0.229 e. The Morgan fingerprint density at radius 2 is 1.84 bits per heavy atom. The zero-order valence-corrected chi connectivity index (χ0v) is 18.7. The van der Waals surface area contributed by atoms with Gasteiger partial charge in [-0.25, -0.2) is 18.4 Å². The number of rotatable bonds is 8. The van der Waals surface area contributed by atoms with E-state index in [1.165, 1.54) is 11.8 Å². The fourth-order valence-electron chi connectivity index (χ4n) is 3.46. The molecular weight excluding hydrogens is 424 g/mol. The molecule has 0 bridgehead atoms. The number of nitrogens with one attached hydrogen (secondary N) is 2. The quantitative estimate of drug-likeness (QED) is 0.388. The molecule has 2 N–H and O–H groups in total. The molecule has 0 aliphatic carbocycles. The van der Waals surface area contributed by atoms with Gasteiger partial charge in [0.15, 0.2) is 15.5 Å². The van der Waals surface area contributed by atoms with Gasteiger partial charge in [-0.1, -0.05) is 24.3 Å². The standard InChI is InChI=1S/C23H24N6O2S/c1-16(24)6-5-7-17-10-12-18(13-11-17)27-23-25-14-19-22(28-23)29(15-26-19)20-8-3-4-9-21(20)32(2,30)31/h3-4,8-15,24H,5-7H2,1-2H3,(H,25,27,28). The van der Waals surface area contributed by atoms with Gasteiger partial charge in [-0.05, 0) is 56.0 Å². The number of anilines is 2. The van der Waals surface area contributed by atoms with Gasteiger partial charge in [-0.15, -0.1) is 0 Å². The molecule has 0 fully saturated rings. The van der Waals surface area contributed by atoms with Crippen LogP contribution in [0.25, 0.3) is 16.9 Å². The van der Waals surface area contributed by atoms with Crippen molar-refractivity contribution >= 4 is 38.3 Å². The molecule has 0 aliphatic rings. The summed E-state index contributed by atoms with van der Waals surface area (Å²) in [5, 5.41) is 10.7. The monoisotopic (exact) mass is 448 g/mol. The van der Waals surface area contributed by atoms with Crippen LogP contribution < -0.4 is 5.32 Å². The van der Waals surface area contributed by atoms with E-state index in [-0.39, 0.29) is 4.90 Å². The SMILES string of the molecule is CC(=N)CCCc1ccc(Nc2ncc3ncn(-c4ccccc4S(C)(=O)=O)c3n2)cc1. The summed E-state index contributed by atoms with van der Waals surface area (Å²) in [6, 6.07) is 14.8. The summed E-state index contributed by atoms with van der Waals surface area (Å²) in [5.74, 6) is 0.392. The smallest absolute Gasteiger partial charge is 0.229 e. The Morgan fingerprint density at radius 3 is 2.56 bits per heavy atom. The molecule has 4 rings (SSSR count). The van der Waals surface area contributed by atoms with E-state index in [4.69, 9.17) is 5.41 Å². The fourth-order valence-corrected chi connectivity index (χ4v) is 4.33. The van der Waals surface area contributed by atoms with Crippen LogP contribution in [-0.2, 0) is 16.3 Å². The molecule has 32 heavy (non-hydrogen) atoms. The molecule has 164 valence electrons. The van der Waals surface area contributed by atoms with Crippen LogP contribution in [0.2, 0.25) is 0 Å². The van der Waals surface area contributed by atoms with Crippen LogP contribution in [0, 0.1) is 5.41 Å². The zero-order valence-electron chi connectivity index (χ0n) is 17.9. The molecule has 0 radical (unpaired) electrons. The van der Waals surface area contributed by atoms with Crippen molar-refractivity contribution in [1.29, 1.82) is 5.41 Å². The van der Waals surface area contributed by atoms with Crippen molar-refractivity contribution in [2.45, 2.75) is 31.1 Å². The minimum atomic E-state index is -3.42. The molecule has 8 nitrogen and oxygen atoms in total. The largest absolute Gasteiger partial charge is 0.324 e. The van der Waals surface area contributed by atoms with Gasteiger partial charge in [0.2, 0.25) is 5.95 Å². The second-order valence-electron chi connectivity index (χ2n) is 7.71. The first-order valence-electron chi connectivity index (χ1n) is 10.2. The first-order valence-corrected chi connectivity index (χ1v) is 12.1. The summed E-state index contributed by atoms with van der Waals surface area (Å²) < 4.78 is 26.1. The van der Waals surface area contributed by atoms with Gasteiger partial charge in [0, 0.05) is 17.7 Å². The first kappa shape index (κ1) is 21.6. The summed E-state index contributed by atoms with van der Waals surface area (Å²) in [6.07, 6.45) is 7.04. The minimum absolute atomic E-state index is 0.209. The third-order valence-electron chi connectivity index (χ3n) is 5.04. The minimum Gasteiger partial charge on any atom is -0.324 e. The van der Waals surface area contributed by atoms with Crippen LogP contribution in [0.3, 0.4) is 0 Å². The van der Waals surface area contributed by atoms with Gasteiger partial charge < -0.3 is 10.7 Å². The van der Waals surface area contributed by atoms with Crippen molar-refractivity contribution in [3.05, 3.63) is 66.6 Å². The van der Waals surface area contributed by atoms with E-state index in [1.54, 1.807) is 41.4 Å². The molecule has 0 amide bonds. The first-order chi connectivity index (χ1) is 15.3. The van der Waals surface area contributed by atoms with Crippen molar-refractivity contribution < 1.29 is 8.42 Å². The highest BCUT2D eigenvalue weighted by Crippen LogP contribution is 2.24. The maximum atomic E-state index is 12.2. The topological polar surface area (TPSA) is 114 Å². The lowest BCUT2D eigenvalue weighted by Gasteiger charge is -2.10. The normalized spacial score (nSPS) is 11.6. The van der Waals surface area contributed by atoms with Crippen molar-refractivity contribution in [3.8, 4) is 5.69 Å². The molecule has 0 spiro atoms. The number of aromatic nitrogens is 4. The molecule has 0 unspecified atom stereocenters. The number of hydrogen-bond donors (Lipinski definition) is 2. The van der Waals surface area contributed by atoms with Crippen molar-refractivity contribution in [2.24, 2.45) is 0 Å². The van der Waals surface area contributed by atoms with Crippen LogP contribution in [0.1, 0.15) is 25.3 Å². The highest BCUT2D eigenvalue weighted by molar-refractivity contribution is 7.90. The van der Waals surface area contributed by atoms with Crippen LogP contribution in [0.4, 0.5) is 11.6 Å². The van der Waals surface area contributed by atoms with Gasteiger partial charge in [0.25, 0.3) is 0 Å². The Morgan fingerprint density at radius 1 is 1.09 bits per heavy atom. The molecule has 0 saturated carbocycles. The van der Waals surface area contributed by atoms with E-state index in [1.807, 2.05) is 31.2 Å². The lowest BCUT2D eigenvalue weighted by atomic mass is 10.1. The molecule has 2 heterocycles. The number of aryl methyl sites for hydroxylation is 1. The second kappa shape index (κ2) is 8.88. The molecule has 0 atom stereocenters. The highest BCUT2D eigenvalue weighted by Gasteiger charge is 2.17. The van der Waals surface area contributed by atoms with Crippen LogP contribution >= 0.6 is 0 Å². The molecule has 4 aromatic rings. The van der Waals surface area contributed by atoms with Crippen molar-refractivity contribution in [3.63, 3.8) is 0 Å². The fraction of sp³-hybridized carbons (Fsp3) is 0.217. The Bertz CT molecular complexity index is 1380. The van der Waals surface area contributed by atoms with Crippen LogP contribution in [0.5, 0.6) is 0 Å². The van der Waals surface area contributed by atoms with Crippen molar-refractivity contribution in [1.82, 2.24) is 19.5 Å². The van der Waals surface area contributed by atoms with Crippen LogP contribution in [-0.4, -0.2) is 39.9 Å². The van der Waals surface area contributed by atoms with Gasteiger partial charge in [0.05, 0.1) is 16.8 Å². The number of fused-ring (bicyclic) bond motifs is 1. The highest BCUT2D eigenvalue weighted by atomic mass is 32.2. The second-order valence-corrected chi connectivity index (χ2v) is 9.70. The van der Waals surface area contributed by atoms with Crippen LogP contribution in [0.15, 0.2) is 66.0 Å². The lowest BCUT2D eigenvalue weighted by molar-refractivity contribution is 0.601. The van der Waals surface area contributed by atoms with E-state index in [0.29, 0.717) is 28.5 Å². The summed E-state index contributed by atoms with van der Waals surface area (Å²) in [5.41, 5.74) is 4.33. The molecule has 2 aromatic carbocycles. The molecule has 0 aliphatic heterocycles. The molecular formula is C23H24N6O2S. The number of imidazole rings is 1. The van der Waals surface area contributed by atoms with Gasteiger partial charge >= 0.3 is 0 Å². The number of nitrogens with zero attached hydrogens (tertiary/aromatic N) is 4. The van der Waals surface area contributed by atoms with E-state index in [9.17, 15) is 8.42 Å². The van der Waals surface area contributed by atoms with E-state index in [2.05, 4.69) is 20.3 Å². The molecule has 9 heteroatoms. The Hall–Kier alpha value is -3.59. The molecule has 0 saturated heterocycles. The van der Waals surface area contributed by atoms with Gasteiger partial charge in [-0.2, -0.15) is 4.98 Å². The maximum absolute atomic E-state index is 12.2. The number of benzene rings is 2. The Labute approximate surface area is 186 Å². The number of para-hydroxylation sites is 1. The predicted octanol–water partition coefficient (Wildman–Crippen LogP) is 4.32. The number of hydrogen-bond acceptors (Lipinski definition) is 7. The molecule has 2 aromatic heterocycles. The lowest BCUT2D eigenvalue weighted by Crippen LogP contribution is -2.05. The summed E-state index contributed by atoms with van der Waals surface area (Å²) >= 11 is 0.